The van der Waals surface area contributed by atoms with Crippen molar-refractivity contribution in [1.82, 2.24) is 26.1 Å². The van der Waals surface area contributed by atoms with Crippen molar-refractivity contribution in [3.63, 3.8) is 0 Å². The maximum absolute atomic E-state index is 12.6. The molecule has 1 amide bonds. The van der Waals surface area contributed by atoms with E-state index in [0.29, 0.717) is 12.8 Å². The van der Waals surface area contributed by atoms with E-state index >= 15 is 0 Å². The molecule has 1 fully saturated rings. The number of hydrogen-bond acceptors (Lipinski definition) is 7. The lowest BCUT2D eigenvalue weighted by Gasteiger charge is -2.37. The number of nitrogens with zero attached hydrogens (tertiary/aromatic N) is 3. The molecule has 0 bridgehead atoms. The molecule has 0 spiro atoms. The molecule has 3 N–H and O–H groups in total. The van der Waals surface area contributed by atoms with Crippen molar-refractivity contribution in [2.75, 3.05) is 6.61 Å². The van der Waals surface area contributed by atoms with Gasteiger partial charge in [0.15, 0.2) is 0 Å². The highest BCUT2D eigenvalue weighted by Gasteiger charge is 2.44. The van der Waals surface area contributed by atoms with Gasteiger partial charge in [0.05, 0.1) is 24.7 Å². The normalized spacial score (nSPS) is 22.9. The number of hydrazine groups is 1. The van der Waals surface area contributed by atoms with Crippen molar-refractivity contribution in [1.29, 1.82) is 0 Å². The predicted octanol–water partition coefficient (Wildman–Crippen LogP) is 4.17. The molecule has 0 aromatic heterocycles. The van der Waals surface area contributed by atoms with E-state index in [4.69, 9.17) is 4.74 Å². The Balaban J connectivity index is 1.12. The molecule has 0 radical (unpaired) electrons. The van der Waals surface area contributed by atoms with Crippen LogP contribution in [0.1, 0.15) is 69.2 Å². The van der Waals surface area contributed by atoms with Crippen LogP contribution >= 0.6 is 0 Å². The van der Waals surface area contributed by atoms with Gasteiger partial charge < -0.3 is 20.0 Å². The summed E-state index contributed by atoms with van der Waals surface area (Å²) in [5, 5.41) is 9.86. The maximum Gasteiger partial charge on any atom is 0.220 e. The van der Waals surface area contributed by atoms with Gasteiger partial charge in [0.1, 0.15) is 17.8 Å². The number of nitrogens with one attached hydrogen (secondary N) is 3. The minimum atomic E-state index is -0.0167. The summed E-state index contributed by atoms with van der Waals surface area (Å²) >= 11 is 0. The quantitative estimate of drug-likeness (QED) is 0.436. The topological polar surface area (TPSA) is 81.2 Å². The lowest BCUT2D eigenvalue weighted by Crippen LogP contribution is -2.54. The van der Waals surface area contributed by atoms with E-state index in [1.807, 2.05) is 43.5 Å². The van der Waals surface area contributed by atoms with Crippen LogP contribution in [0.25, 0.3) is 0 Å². The maximum atomic E-state index is 12.6. The van der Waals surface area contributed by atoms with Crippen LogP contribution < -0.4 is 20.9 Å². The second kappa shape index (κ2) is 11.0. The average Bonchev–Trinajstić information content (AvgIpc) is 3.53. The van der Waals surface area contributed by atoms with Crippen molar-refractivity contribution in [2.45, 2.75) is 70.2 Å². The van der Waals surface area contributed by atoms with Crippen LogP contribution in [-0.2, 0) is 4.79 Å². The Bertz CT molecular complexity index is 1090. The molecule has 8 heteroatoms. The van der Waals surface area contributed by atoms with Crippen molar-refractivity contribution in [2.24, 2.45) is 5.10 Å². The van der Waals surface area contributed by atoms with E-state index < -0.39 is 0 Å². The summed E-state index contributed by atoms with van der Waals surface area (Å²) < 4.78 is 5.81. The molecule has 3 aliphatic rings. The largest absolute Gasteiger partial charge is 0.494 e. The molecule has 2 aromatic carbocycles. The molecule has 3 unspecified atom stereocenters. The van der Waals surface area contributed by atoms with Gasteiger partial charge in [0.2, 0.25) is 5.91 Å². The highest BCUT2D eigenvalue weighted by molar-refractivity contribution is 5.89. The molecule has 8 nitrogen and oxygen atoms in total. The SMILES string of the molecule is CCCCOc1ccc(C2CC3C4NN=C(CCC(=O)N[C@H](C)c5ccccc5)N4C=CN3N2)cc1. The highest BCUT2D eigenvalue weighted by atomic mass is 16.5. The summed E-state index contributed by atoms with van der Waals surface area (Å²) in [7, 11) is 0. The zero-order valence-electron chi connectivity index (χ0n) is 21.1. The Morgan fingerprint density at radius 1 is 1.17 bits per heavy atom. The van der Waals surface area contributed by atoms with Gasteiger partial charge in [0, 0.05) is 25.2 Å². The smallest absolute Gasteiger partial charge is 0.220 e. The fourth-order valence-electron chi connectivity index (χ4n) is 5.02. The lowest BCUT2D eigenvalue weighted by atomic mass is 9.99. The minimum absolute atomic E-state index is 0.0167. The number of carbonyl (C=O) groups excluding carboxylic acids is 1. The van der Waals surface area contributed by atoms with Crippen LogP contribution in [0.3, 0.4) is 0 Å². The summed E-state index contributed by atoms with van der Waals surface area (Å²) in [6, 6.07) is 18.9. The summed E-state index contributed by atoms with van der Waals surface area (Å²) in [5.41, 5.74) is 9.28. The third-order valence-electron chi connectivity index (χ3n) is 7.12. The zero-order valence-corrected chi connectivity index (χ0v) is 21.1. The molecular formula is C28H36N6O2. The van der Waals surface area contributed by atoms with Crippen LogP contribution in [0.2, 0.25) is 0 Å². The first-order valence-corrected chi connectivity index (χ1v) is 13.0. The third-order valence-corrected chi connectivity index (χ3v) is 7.12. The molecule has 190 valence electrons. The van der Waals surface area contributed by atoms with Gasteiger partial charge in [0.25, 0.3) is 0 Å². The van der Waals surface area contributed by atoms with E-state index in [0.717, 1.165) is 43.0 Å². The summed E-state index contributed by atoms with van der Waals surface area (Å²) in [4.78, 5) is 14.7. The van der Waals surface area contributed by atoms with Gasteiger partial charge in [-0.3, -0.25) is 10.2 Å². The number of benzene rings is 2. The number of rotatable bonds is 10. The standard InChI is InChI=1S/C28H36N6O2/c1-3-4-18-36-23-12-10-22(11-13-23)24-19-25-28-31-30-26(33(28)16-17-34(25)32-24)14-15-27(35)29-20(2)21-8-6-5-7-9-21/h5-13,16-17,20,24-25,28,31-32H,3-4,14-15,18-19H2,1-2H3,(H,29,35)/t20-,24?,25?,28?/m1/s1. The summed E-state index contributed by atoms with van der Waals surface area (Å²) in [6.07, 6.45) is 8.31. The van der Waals surface area contributed by atoms with E-state index in [2.05, 4.69) is 68.6 Å². The minimum Gasteiger partial charge on any atom is -0.494 e. The van der Waals surface area contributed by atoms with Crippen LogP contribution in [0.15, 0.2) is 72.1 Å². The number of fused-ring (bicyclic) bond motifs is 3. The van der Waals surface area contributed by atoms with E-state index in [1.165, 1.54) is 5.56 Å². The first kappa shape index (κ1) is 24.2. The van der Waals surface area contributed by atoms with Gasteiger partial charge in [-0.15, -0.1) is 0 Å². The van der Waals surface area contributed by atoms with Gasteiger partial charge >= 0.3 is 0 Å². The van der Waals surface area contributed by atoms with Crippen LogP contribution in [0, 0.1) is 0 Å². The number of hydrogen-bond donors (Lipinski definition) is 3. The molecule has 4 atom stereocenters. The van der Waals surface area contributed by atoms with Gasteiger partial charge in [-0.1, -0.05) is 55.8 Å². The molecule has 5 rings (SSSR count). The first-order valence-electron chi connectivity index (χ1n) is 13.0. The number of amides is 1. The molecular weight excluding hydrogens is 452 g/mol. The molecule has 0 aliphatic carbocycles. The van der Waals surface area contributed by atoms with Crippen LogP contribution in [0.5, 0.6) is 5.75 Å². The van der Waals surface area contributed by atoms with Crippen molar-refractivity contribution >= 4 is 11.7 Å². The second-order valence-electron chi connectivity index (χ2n) is 9.67. The molecule has 0 saturated carbocycles. The van der Waals surface area contributed by atoms with Crippen LogP contribution in [0.4, 0.5) is 0 Å². The molecule has 3 heterocycles. The van der Waals surface area contributed by atoms with Crippen molar-refractivity contribution in [3.8, 4) is 5.75 Å². The Kier molecular flexibility index (Phi) is 7.41. The molecule has 1 saturated heterocycles. The lowest BCUT2D eigenvalue weighted by molar-refractivity contribution is -0.121. The number of hydrazone groups is 1. The first-order chi connectivity index (χ1) is 17.6. The van der Waals surface area contributed by atoms with Gasteiger partial charge in [-0.2, -0.15) is 5.10 Å². The predicted molar refractivity (Wildman–Crippen MR) is 141 cm³/mol. The monoisotopic (exact) mass is 488 g/mol. The Morgan fingerprint density at radius 2 is 1.97 bits per heavy atom. The van der Waals surface area contributed by atoms with E-state index in [1.54, 1.807) is 0 Å². The Hall–Kier alpha value is -3.52. The highest BCUT2D eigenvalue weighted by Crippen LogP contribution is 2.34. The summed E-state index contributed by atoms with van der Waals surface area (Å²) in [5.74, 6) is 1.85. The number of amidine groups is 1. The van der Waals surface area contributed by atoms with Gasteiger partial charge in [-0.05, 0) is 43.0 Å². The molecule has 36 heavy (non-hydrogen) atoms. The van der Waals surface area contributed by atoms with E-state index in [-0.39, 0.29) is 30.2 Å². The van der Waals surface area contributed by atoms with Crippen molar-refractivity contribution in [3.05, 3.63) is 78.1 Å². The Labute approximate surface area is 213 Å². The fraction of sp³-hybridized carbons (Fsp3) is 0.429. The number of carbonyl (C=O) groups is 1. The van der Waals surface area contributed by atoms with Crippen molar-refractivity contribution < 1.29 is 9.53 Å². The third kappa shape index (κ3) is 5.33. The number of ether oxygens (including phenoxy) is 1. The molecule has 3 aliphatic heterocycles. The summed E-state index contributed by atoms with van der Waals surface area (Å²) in [6.45, 7) is 4.94. The van der Waals surface area contributed by atoms with E-state index in [9.17, 15) is 4.79 Å². The van der Waals surface area contributed by atoms with Crippen LogP contribution in [-0.4, -0.2) is 40.5 Å². The average molecular weight is 489 g/mol. The second-order valence-corrected chi connectivity index (χ2v) is 9.67. The number of unbranched alkanes of at least 4 members (excludes halogenated alkanes) is 1. The fourth-order valence-corrected chi connectivity index (χ4v) is 5.02. The molecule has 2 aromatic rings. The van der Waals surface area contributed by atoms with Gasteiger partial charge in [-0.25, -0.2) is 5.43 Å². The Morgan fingerprint density at radius 3 is 2.75 bits per heavy atom. The zero-order chi connectivity index (χ0) is 24.9.